The molecule has 0 saturated heterocycles. The van der Waals surface area contributed by atoms with Gasteiger partial charge in [0.1, 0.15) is 6.54 Å². The van der Waals surface area contributed by atoms with E-state index < -0.39 is 24.1 Å². The summed E-state index contributed by atoms with van der Waals surface area (Å²) in [6, 6.07) is 5.47. The fourth-order valence-electron chi connectivity index (χ4n) is 1.42. The van der Waals surface area contributed by atoms with Crippen LogP contribution < -0.4 is 5.56 Å². The van der Waals surface area contributed by atoms with Crippen molar-refractivity contribution in [1.82, 2.24) is 9.55 Å². The molecule has 0 amide bonds. The van der Waals surface area contributed by atoms with Crippen LogP contribution in [0, 0.1) is 0 Å². The number of hydrogen-bond donors (Lipinski definition) is 1. The molecular formula is C10H7N2O4. The minimum Gasteiger partial charge on any atom is -0.480 e. The number of hydrogen-bond acceptors (Lipinski definition) is 3. The molecule has 1 heterocycles. The van der Waals surface area contributed by atoms with Gasteiger partial charge in [-0.25, -0.2) is 9.67 Å². The number of aromatic nitrogens is 2. The van der Waals surface area contributed by atoms with Crippen LogP contribution in [0.5, 0.6) is 6.01 Å². The summed E-state index contributed by atoms with van der Waals surface area (Å²) in [4.78, 5) is 25.9. The van der Waals surface area contributed by atoms with Gasteiger partial charge in [0.15, 0.2) is 0 Å². The smallest absolute Gasteiger partial charge is 0.351 e. The van der Waals surface area contributed by atoms with Crippen LogP contribution in [0.25, 0.3) is 10.9 Å². The lowest BCUT2D eigenvalue weighted by molar-refractivity contribution is -0.137. The zero-order valence-electron chi connectivity index (χ0n) is 8.08. The number of carbonyl (C=O) groups is 1. The van der Waals surface area contributed by atoms with Gasteiger partial charge in [-0.2, -0.15) is 4.98 Å². The molecule has 0 atom stereocenters. The van der Waals surface area contributed by atoms with E-state index in [1.807, 2.05) is 0 Å². The van der Waals surface area contributed by atoms with E-state index in [1.54, 1.807) is 12.1 Å². The number of fused-ring (bicyclic) bond motifs is 1. The summed E-state index contributed by atoms with van der Waals surface area (Å²) in [5, 5.41) is 20.2. The maximum Gasteiger partial charge on any atom is 0.351 e. The predicted octanol–water partition coefficient (Wildman–Crippen LogP) is 0.625. The molecule has 2 aromatic rings. The molecule has 0 aliphatic heterocycles. The van der Waals surface area contributed by atoms with Gasteiger partial charge in [-0.1, -0.05) is 12.1 Å². The van der Waals surface area contributed by atoms with Crippen molar-refractivity contribution >= 4 is 16.9 Å². The standard InChI is InChI=1S/C10H7N2O4/c13-8(14)5-12-9(15)6-3-1-2-4-7(6)11-10(12)16/h1-4H,5H2,(H,13,14). The fraction of sp³-hybridized carbons (Fsp3) is 0.100. The Balaban J connectivity index is 2.76. The first-order valence-electron chi connectivity index (χ1n) is 4.48. The van der Waals surface area contributed by atoms with Crippen molar-refractivity contribution in [2.45, 2.75) is 6.54 Å². The van der Waals surface area contributed by atoms with Gasteiger partial charge in [0, 0.05) is 0 Å². The highest BCUT2D eigenvalue weighted by molar-refractivity contribution is 5.78. The monoisotopic (exact) mass is 219 g/mol. The van der Waals surface area contributed by atoms with Gasteiger partial charge in [-0.3, -0.25) is 9.59 Å². The van der Waals surface area contributed by atoms with Crippen LogP contribution in [0.2, 0.25) is 0 Å². The first-order valence-corrected chi connectivity index (χ1v) is 4.48. The number of benzene rings is 1. The lowest BCUT2D eigenvalue weighted by atomic mass is 10.2. The summed E-state index contributed by atoms with van der Waals surface area (Å²) in [5.41, 5.74) is -0.350. The highest BCUT2D eigenvalue weighted by atomic mass is 16.4. The van der Waals surface area contributed by atoms with Gasteiger partial charge < -0.3 is 5.11 Å². The minimum absolute atomic E-state index is 0.239. The van der Waals surface area contributed by atoms with E-state index in [2.05, 4.69) is 4.98 Å². The Labute approximate surface area is 89.4 Å². The van der Waals surface area contributed by atoms with Crippen LogP contribution in [0.3, 0.4) is 0 Å². The third kappa shape index (κ3) is 1.60. The number of aliphatic carboxylic acids is 1. The first kappa shape index (κ1) is 10.2. The van der Waals surface area contributed by atoms with E-state index in [0.717, 1.165) is 0 Å². The molecule has 0 aliphatic rings. The Morgan fingerprint density at radius 3 is 2.75 bits per heavy atom. The van der Waals surface area contributed by atoms with Gasteiger partial charge >= 0.3 is 12.0 Å². The summed E-state index contributed by atoms with van der Waals surface area (Å²) in [6.45, 7) is -0.671. The van der Waals surface area contributed by atoms with E-state index in [1.165, 1.54) is 12.1 Å². The van der Waals surface area contributed by atoms with Gasteiger partial charge in [0.05, 0.1) is 10.9 Å². The molecule has 1 aromatic carbocycles. The van der Waals surface area contributed by atoms with Crippen molar-refractivity contribution in [1.29, 1.82) is 0 Å². The normalized spacial score (nSPS) is 10.5. The number of carboxylic acid groups (broad SMARTS) is 1. The minimum atomic E-state index is -1.25. The average Bonchev–Trinajstić information content (AvgIpc) is 2.24. The molecule has 6 heteroatoms. The Bertz CT molecular complexity index is 618. The summed E-state index contributed by atoms with van der Waals surface area (Å²) < 4.78 is 0.602. The van der Waals surface area contributed by atoms with E-state index in [4.69, 9.17) is 5.11 Å². The number of rotatable bonds is 2. The molecule has 1 N–H and O–H groups in total. The Kier molecular flexibility index (Phi) is 2.32. The number of carboxylic acids is 1. The van der Waals surface area contributed by atoms with Crippen molar-refractivity contribution in [3.05, 3.63) is 34.6 Å². The number of para-hydroxylation sites is 1. The molecule has 0 bridgehead atoms. The van der Waals surface area contributed by atoms with E-state index in [9.17, 15) is 14.7 Å². The van der Waals surface area contributed by atoms with E-state index in [-0.39, 0.29) is 10.9 Å². The SMILES string of the molecule is [O]c1nc2ccccc2c(=O)n1CC(=O)O. The Hall–Kier alpha value is -2.37. The molecular weight excluding hydrogens is 212 g/mol. The lowest BCUT2D eigenvalue weighted by Gasteiger charge is -2.04. The van der Waals surface area contributed by atoms with Crippen LogP contribution in [-0.4, -0.2) is 20.6 Å². The second kappa shape index (κ2) is 3.65. The quantitative estimate of drug-likeness (QED) is 0.801. The van der Waals surface area contributed by atoms with Crippen LogP contribution in [0.1, 0.15) is 0 Å². The molecule has 0 saturated carbocycles. The Morgan fingerprint density at radius 1 is 1.38 bits per heavy atom. The van der Waals surface area contributed by atoms with Crippen LogP contribution in [-0.2, 0) is 16.4 Å². The van der Waals surface area contributed by atoms with Crippen molar-refractivity contribution < 1.29 is 15.0 Å². The fourth-order valence-corrected chi connectivity index (χ4v) is 1.42. The zero-order chi connectivity index (χ0) is 11.7. The lowest BCUT2D eigenvalue weighted by Crippen LogP contribution is -2.24. The Morgan fingerprint density at radius 2 is 2.06 bits per heavy atom. The molecule has 0 fully saturated rings. The summed E-state index contributed by atoms with van der Waals surface area (Å²) in [6.07, 6.45) is 0. The third-order valence-electron chi connectivity index (χ3n) is 2.12. The van der Waals surface area contributed by atoms with Gasteiger partial charge in [0.25, 0.3) is 5.56 Å². The first-order chi connectivity index (χ1) is 7.59. The van der Waals surface area contributed by atoms with Crippen LogP contribution in [0.15, 0.2) is 29.1 Å². The molecule has 6 nitrogen and oxygen atoms in total. The summed E-state index contributed by atoms with van der Waals surface area (Å²) in [7, 11) is 0. The van der Waals surface area contributed by atoms with Crippen LogP contribution in [0.4, 0.5) is 0 Å². The second-order valence-electron chi connectivity index (χ2n) is 3.20. The predicted molar refractivity (Wildman–Crippen MR) is 53.8 cm³/mol. The molecule has 0 spiro atoms. The zero-order valence-corrected chi connectivity index (χ0v) is 8.08. The van der Waals surface area contributed by atoms with Crippen molar-refractivity contribution in [2.24, 2.45) is 0 Å². The van der Waals surface area contributed by atoms with E-state index in [0.29, 0.717) is 4.57 Å². The van der Waals surface area contributed by atoms with Crippen molar-refractivity contribution in [3.8, 4) is 6.01 Å². The molecule has 1 radical (unpaired) electrons. The molecule has 1 aromatic heterocycles. The molecule has 2 rings (SSSR count). The molecule has 81 valence electrons. The average molecular weight is 219 g/mol. The highest BCUT2D eigenvalue weighted by Gasteiger charge is 2.13. The van der Waals surface area contributed by atoms with Gasteiger partial charge in [-0.15, -0.1) is 0 Å². The topological polar surface area (TPSA) is 92.1 Å². The third-order valence-corrected chi connectivity index (χ3v) is 2.12. The largest absolute Gasteiger partial charge is 0.480 e. The molecule has 0 unspecified atom stereocenters. The van der Waals surface area contributed by atoms with Gasteiger partial charge in [-0.05, 0) is 12.1 Å². The van der Waals surface area contributed by atoms with Crippen molar-refractivity contribution in [2.75, 3.05) is 0 Å². The summed E-state index contributed by atoms with van der Waals surface area (Å²) in [5.74, 6) is -1.25. The summed E-state index contributed by atoms with van der Waals surface area (Å²) >= 11 is 0. The second-order valence-corrected chi connectivity index (χ2v) is 3.20. The maximum atomic E-state index is 11.7. The van der Waals surface area contributed by atoms with E-state index >= 15 is 0 Å². The van der Waals surface area contributed by atoms with Gasteiger partial charge in [0.2, 0.25) is 0 Å². The highest BCUT2D eigenvalue weighted by Crippen LogP contribution is 2.11. The van der Waals surface area contributed by atoms with Crippen molar-refractivity contribution in [3.63, 3.8) is 0 Å². The van der Waals surface area contributed by atoms with Crippen LogP contribution >= 0.6 is 0 Å². The molecule has 0 aliphatic carbocycles. The molecule has 16 heavy (non-hydrogen) atoms. The number of nitrogens with zero attached hydrogens (tertiary/aromatic N) is 2. The maximum absolute atomic E-state index is 11.7.